The molecule has 0 aliphatic carbocycles. The highest BCUT2D eigenvalue weighted by atomic mass is 32.1. The monoisotopic (exact) mass is 370 g/mol. The average molecular weight is 370 g/mol. The van der Waals surface area contributed by atoms with Crippen LogP contribution in [-0.2, 0) is 9.59 Å². The van der Waals surface area contributed by atoms with E-state index in [0.29, 0.717) is 16.4 Å². The van der Waals surface area contributed by atoms with E-state index in [1.807, 2.05) is 13.8 Å². The summed E-state index contributed by atoms with van der Waals surface area (Å²) in [5.41, 5.74) is -0.442. The van der Waals surface area contributed by atoms with Crippen LogP contribution in [0.1, 0.15) is 37.0 Å². The molecular weight excluding hydrogens is 352 g/mol. The molecule has 2 aromatic rings. The molecule has 8 heteroatoms. The predicted molar refractivity (Wildman–Crippen MR) is 97.9 cm³/mol. The van der Waals surface area contributed by atoms with Crippen molar-refractivity contribution in [1.82, 2.24) is 9.88 Å². The molecule has 1 aromatic heterocycles. The number of fused-ring (bicyclic) bond motifs is 3. The molecule has 134 valence electrons. The minimum atomic E-state index is -1.37. The Morgan fingerprint density at radius 3 is 2.77 bits per heavy atom. The summed E-state index contributed by atoms with van der Waals surface area (Å²) in [6.07, 6.45) is 2.05. The number of carbonyl (C=O) groups is 3. The standard InChI is InChI=1S/C18H18N4O3S/c1-11(2)21-15(24)12-5-3-4-6-13(12)22-14(23)7-8-18(21,22)16(25)20-17-19-9-10-26-17/h3-6,9-11H,7-8H2,1-2H3,(H,19,20,25)/t18-/m0/s1. The van der Waals surface area contributed by atoms with Crippen molar-refractivity contribution in [2.45, 2.75) is 38.4 Å². The number of thiazole rings is 1. The third-order valence-electron chi connectivity index (χ3n) is 4.83. The molecule has 1 aromatic carbocycles. The molecule has 0 spiro atoms. The van der Waals surface area contributed by atoms with E-state index in [2.05, 4.69) is 10.3 Å². The van der Waals surface area contributed by atoms with Gasteiger partial charge in [0.25, 0.3) is 11.8 Å². The summed E-state index contributed by atoms with van der Waals surface area (Å²) in [4.78, 5) is 46.4. The number of anilines is 2. The molecule has 4 rings (SSSR count). The van der Waals surface area contributed by atoms with Crippen LogP contribution in [0, 0.1) is 0 Å². The van der Waals surface area contributed by atoms with Crippen LogP contribution in [0.5, 0.6) is 0 Å². The van der Waals surface area contributed by atoms with E-state index >= 15 is 0 Å². The molecule has 1 fully saturated rings. The third kappa shape index (κ3) is 2.18. The third-order valence-corrected chi connectivity index (χ3v) is 5.52. The number of nitrogens with zero attached hydrogens (tertiary/aromatic N) is 3. The first-order valence-electron chi connectivity index (χ1n) is 8.43. The smallest absolute Gasteiger partial charge is 0.273 e. The minimum Gasteiger partial charge on any atom is -0.304 e. The lowest BCUT2D eigenvalue weighted by molar-refractivity contribution is -0.129. The first-order chi connectivity index (χ1) is 12.5. The van der Waals surface area contributed by atoms with Gasteiger partial charge in [0.05, 0.1) is 11.3 Å². The highest BCUT2D eigenvalue weighted by Gasteiger charge is 2.61. The summed E-state index contributed by atoms with van der Waals surface area (Å²) in [5.74, 6) is -0.810. The Bertz CT molecular complexity index is 896. The van der Waals surface area contributed by atoms with Gasteiger partial charge in [-0.05, 0) is 26.0 Å². The van der Waals surface area contributed by atoms with Gasteiger partial charge in [-0.3, -0.25) is 24.6 Å². The van der Waals surface area contributed by atoms with Gasteiger partial charge in [0.2, 0.25) is 11.6 Å². The average Bonchev–Trinajstić information content (AvgIpc) is 3.23. The SMILES string of the molecule is CC(C)N1C(=O)c2ccccc2N2C(=O)CC[C@@]21C(=O)Nc1nccs1. The largest absolute Gasteiger partial charge is 0.304 e. The van der Waals surface area contributed by atoms with E-state index in [0.717, 1.165) is 0 Å². The Balaban J connectivity index is 1.90. The second-order valence-corrected chi connectivity index (χ2v) is 7.52. The molecule has 2 aliphatic rings. The van der Waals surface area contributed by atoms with Crippen LogP contribution in [0.3, 0.4) is 0 Å². The molecule has 7 nitrogen and oxygen atoms in total. The maximum absolute atomic E-state index is 13.4. The molecule has 1 atom stereocenters. The van der Waals surface area contributed by atoms with Crippen LogP contribution in [0.4, 0.5) is 10.8 Å². The molecule has 3 heterocycles. The van der Waals surface area contributed by atoms with Crippen LogP contribution in [-0.4, -0.2) is 39.3 Å². The van der Waals surface area contributed by atoms with Gasteiger partial charge in [-0.15, -0.1) is 11.3 Å². The first-order valence-corrected chi connectivity index (χ1v) is 9.31. The van der Waals surface area contributed by atoms with Gasteiger partial charge in [-0.1, -0.05) is 12.1 Å². The zero-order chi connectivity index (χ0) is 18.5. The Hall–Kier alpha value is -2.74. The van der Waals surface area contributed by atoms with Gasteiger partial charge in [-0.25, -0.2) is 4.98 Å². The fourth-order valence-corrected chi connectivity index (χ4v) is 4.41. The fourth-order valence-electron chi connectivity index (χ4n) is 3.89. The van der Waals surface area contributed by atoms with Crippen molar-refractivity contribution in [3.05, 3.63) is 41.4 Å². The van der Waals surface area contributed by atoms with Crippen molar-refractivity contribution in [1.29, 1.82) is 0 Å². The van der Waals surface area contributed by atoms with E-state index in [9.17, 15) is 14.4 Å². The van der Waals surface area contributed by atoms with E-state index < -0.39 is 11.6 Å². The van der Waals surface area contributed by atoms with Crippen LogP contribution >= 0.6 is 11.3 Å². The maximum atomic E-state index is 13.4. The molecule has 2 aliphatic heterocycles. The molecule has 1 saturated heterocycles. The van der Waals surface area contributed by atoms with Crippen LogP contribution < -0.4 is 10.2 Å². The zero-order valence-corrected chi connectivity index (χ0v) is 15.2. The Morgan fingerprint density at radius 2 is 2.08 bits per heavy atom. The normalized spacial score (nSPS) is 21.8. The Kier molecular flexibility index (Phi) is 3.80. The summed E-state index contributed by atoms with van der Waals surface area (Å²) in [6.45, 7) is 3.70. The molecule has 26 heavy (non-hydrogen) atoms. The Morgan fingerprint density at radius 1 is 1.31 bits per heavy atom. The van der Waals surface area contributed by atoms with Gasteiger partial charge in [0.15, 0.2) is 5.13 Å². The number of carbonyl (C=O) groups excluding carboxylic acids is 3. The molecule has 3 amide bonds. The zero-order valence-electron chi connectivity index (χ0n) is 14.4. The summed E-state index contributed by atoms with van der Waals surface area (Å²) in [6, 6.07) is 6.69. The molecule has 0 saturated carbocycles. The quantitative estimate of drug-likeness (QED) is 0.900. The topological polar surface area (TPSA) is 82.6 Å². The van der Waals surface area contributed by atoms with Crippen LogP contribution in [0.25, 0.3) is 0 Å². The van der Waals surface area contributed by atoms with E-state index in [1.54, 1.807) is 35.8 Å². The fraction of sp³-hybridized carbons (Fsp3) is 0.333. The van der Waals surface area contributed by atoms with E-state index in [4.69, 9.17) is 0 Å². The van der Waals surface area contributed by atoms with Crippen LogP contribution in [0.15, 0.2) is 35.8 Å². The van der Waals surface area contributed by atoms with E-state index in [-0.39, 0.29) is 30.7 Å². The highest BCUT2D eigenvalue weighted by molar-refractivity contribution is 7.13. The van der Waals surface area contributed by atoms with Gasteiger partial charge < -0.3 is 4.90 Å². The van der Waals surface area contributed by atoms with Gasteiger partial charge in [-0.2, -0.15) is 0 Å². The van der Waals surface area contributed by atoms with Crippen molar-refractivity contribution in [2.24, 2.45) is 0 Å². The van der Waals surface area contributed by atoms with Crippen molar-refractivity contribution in [3.63, 3.8) is 0 Å². The lowest BCUT2D eigenvalue weighted by Crippen LogP contribution is -2.70. The number of benzene rings is 1. The molecule has 0 unspecified atom stereocenters. The van der Waals surface area contributed by atoms with Gasteiger partial charge in [0.1, 0.15) is 0 Å². The van der Waals surface area contributed by atoms with Crippen LogP contribution in [0.2, 0.25) is 0 Å². The number of para-hydroxylation sites is 1. The van der Waals surface area contributed by atoms with Crippen molar-refractivity contribution in [2.75, 3.05) is 10.2 Å². The molecular formula is C18H18N4O3S. The molecule has 0 radical (unpaired) electrons. The lowest BCUT2D eigenvalue weighted by atomic mass is 9.94. The number of hydrogen-bond donors (Lipinski definition) is 1. The number of hydrogen-bond acceptors (Lipinski definition) is 5. The first kappa shape index (κ1) is 16.7. The maximum Gasteiger partial charge on any atom is 0.273 e. The second-order valence-electron chi connectivity index (χ2n) is 6.62. The van der Waals surface area contributed by atoms with Crippen molar-refractivity contribution >= 4 is 39.9 Å². The number of nitrogens with one attached hydrogen (secondary N) is 1. The van der Waals surface area contributed by atoms with Crippen molar-refractivity contribution < 1.29 is 14.4 Å². The summed E-state index contributed by atoms with van der Waals surface area (Å²) in [5, 5.41) is 4.99. The number of amides is 3. The predicted octanol–water partition coefficient (Wildman–Crippen LogP) is 2.47. The second kappa shape index (κ2) is 5.91. The van der Waals surface area contributed by atoms with Crippen molar-refractivity contribution in [3.8, 4) is 0 Å². The number of aromatic nitrogens is 1. The lowest BCUT2D eigenvalue weighted by Gasteiger charge is -2.50. The summed E-state index contributed by atoms with van der Waals surface area (Å²) < 4.78 is 0. The highest BCUT2D eigenvalue weighted by Crippen LogP contribution is 2.45. The Labute approximate surface area is 154 Å². The van der Waals surface area contributed by atoms with Gasteiger partial charge >= 0.3 is 0 Å². The summed E-state index contributed by atoms with van der Waals surface area (Å²) in [7, 11) is 0. The molecule has 0 bridgehead atoms. The summed E-state index contributed by atoms with van der Waals surface area (Å²) >= 11 is 1.29. The molecule has 1 N–H and O–H groups in total. The van der Waals surface area contributed by atoms with E-state index in [1.165, 1.54) is 21.1 Å². The van der Waals surface area contributed by atoms with Gasteiger partial charge in [0, 0.05) is 30.5 Å². The number of rotatable bonds is 3. The minimum absolute atomic E-state index is 0.162.